The van der Waals surface area contributed by atoms with Gasteiger partial charge in [0, 0.05) is 13.0 Å². The maximum Gasteiger partial charge on any atom is 0.369 e. The van der Waals surface area contributed by atoms with Crippen LogP contribution in [0.4, 0.5) is 0 Å². The lowest BCUT2D eigenvalue weighted by Crippen LogP contribution is -2.33. The van der Waals surface area contributed by atoms with Crippen molar-refractivity contribution in [3.63, 3.8) is 0 Å². The second kappa shape index (κ2) is 16.8. The molecule has 0 atom stereocenters. The van der Waals surface area contributed by atoms with Crippen molar-refractivity contribution < 1.29 is 33.4 Å². The average Bonchev–Trinajstić information content (AvgIpc) is 2.65. The minimum Gasteiger partial charge on any atom is -0.352 e. The summed E-state index contributed by atoms with van der Waals surface area (Å²) in [4.78, 5) is 38.2. The summed E-state index contributed by atoms with van der Waals surface area (Å²) in [7, 11) is -10.4. The van der Waals surface area contributed by atoms with Gasteiger partial charge < -0.3 is 30.0 Å². The number of nitrogens with two attached hydrogens (primary N) is 1. The first-order valence-electron chi connectivity index (χ1n) is 11.6. The third-order valence-electron chi connectivity index (χ3n) is 5.45. The summed E-state index contributed by atoms with van der Waals surface area (Å²) in [6, 6.07) is 0. The number of hydrogen-bond acceptors (Lipinski definition) is 4. The van der Waals surface area contributed by atoms with E-state index in [4.69, 9.17) is 10.5 Å². The van der Waals surface area contributed by atoms with Crippen LogP contribution in [0.3, 0.4) is 0 Å². The molecule has 0 aromatic carbocycles. The highest BCUT2D eigenvalue weighted by Crippen LogP contribution is 2.71. The van der Waals surface area contributed by atoms with Gasteiger partial charge in [0.15, 0.2) is 0 Å². The summed E-state index contributed by atoms with van der Waals surface area (Å²) in [5.41, 5.74) is 5.35. The van der Waals surface area contributed by atoms with E-state index >= 15 is 0 Å². The Morgan fingerprint density at radius 1 is 0.667 bits per heavy atom. The molecular weight excluding hydrogens is 428 g/mol. The Bertz CT molecular complexity index is 485. The monoisotopic (exact) mass is 473 g/mol. The molecule has 182 valence electrons. The van der Waals surface area contributed by atoms with Crippen molar-refractivity contribution in [1.29, 1.82) is 0 Å². The SMILES string of the molecule is CCCCCCCCCCCCCCCCOC(CCCN)(P(=O)(O)O)P(=O)(O)O. The van der Waals surface area contributed by atoms with Gasteiger partial charge in [-0.05, 0) is 19.4 Å². The lowest BCUT2D eigenvalue weighted by atomic mass is 10.0. The second-order valence-corrected chi connectivity index (χ2v) is 12.1. The van der Waals surface area contributed by atoms with Gasteiger partial charge in [-0.25, -0.2) is 0 Å². The molecule has 0 aromatic heterocycles. The van der Waals surface area contributed by atoms with Gasteiger partial charge in [-0.15, -0.1) is 0 Å². The molecule has 0 aliphatic rings. The number of rotatable bonds is 21. The second-order valence-electron chi connectivity index (χ2n) is 8.17. The van der Waals surface area contributed by atoms with Crippen molar-refractivity contribution in [2.45, 2.75) is 115 Å². The summed E-state index contributed by atoms with van der Waals surface area (Å²) >= 11 is 0. The van der Waals surface area contributed by atoms with Crippen LogP contribution in [0.2, 0.25) is 0 Å². The van der Waals surface area contributed by atoms with E-state index in [0.29, 0.717) is 6.42 Å². The molecule has 10 heteroatoms. The Morgan fingerprint density at radius 3 is 1.37 bits per heavy atom. The first-order valence-corrected chi connectivity index (χ1v) is 14.8. The molecule has 0 aliphatic carbocycles. The van der Waals surface area contributed by atoms with E-state index in [0.717, 1.165) is 19.3 Å². The fourth-order valence-corrected chi connectivity index (χ4v) is 6.34. The van der Waals surface area contributed by atoms with Crippen LogP contribution in [0, 0.1) is 0 Å². The van der Waals surface area contributed by atoms with Crippen LogP contribution in [0.25, 0.3) is 0 Å². The average molecular weight is 474 g/mol. The van der Waals surface area contributed by atoms with Gasteiger partial charge >= 0.3 is 15.2 Å². The summed E-state index contributed by atoms with van der Waals surface area (Å²) < 4.78 is 28.8. The summed E-state index contributed by atoms with van der Waals surface area (Å²) in [5.74, 6) is 0. The Morgan fingerprint density at radius 2 is 1.03 bits per heavy atom. The molecule has 0 saturated carbocycles. The third-order valence-corrected chi connectivity index (χ3v) is 9.54. The van der Waals surface area contributed by atoms with Crippen molar-refractivity contribution in [3.05, 3.63) is 0 Å². The van der Waals surface area contributed by atoms with E-state index in [-0.39, 0.29) is 19.6 Å². The van der Waals surface area contributed by atoms with Crippen LogP contribution in [-0.2, 0) is 13.9 Å². The predicted molar refractivity (Wildman–Crippen MR) is 121 cm³/mol. The molecule has 6 N–H and O–H groups in total. The van der Waals surface area contributed by atoms with Gasteiger partial charge in [0.1, 0.15) is 0 Å². The first-order chi connectivity index (χ1) is 14.1. The summed E-state index contributed by atoms with van der Waals surface area (Å²) in [6.45, 7) is 2.19. The Hall–Kier alpha value is 0.220. The molecule has 0 aliphatic heterocycles. The first kappa shape index (κ1) is 30.2. The van der Waals surface area contributed by atoms with Crippen LogP contribution in [0.1, 0.15) is 110 Å². The molecule has 0 radical (unpaired) electrons. The maximum atomic E-state index is 11.8. The van der Waals surface area contributed by atoms with Crippen LogP contribution in [0.5, 0.6) is 0 Å². The Kier molecular flexibility index (Phi) is 16.9. The number of ether oxygens (including phenoxy) is 1. The zero-order valence-electron chi connectivity index (χ0n) is 18.7. The number of hydrogen-bond donors (Lipinski definition) is 5. The molecule has 0 rings (SSSR count). The highest BCUT2D eigenvalue weighted by molar-refractivity contribution is 7.72. The molecule has 30 heavy (non-hydrogen) atoms. The van der Waals surface area contributed by atoms with Crippen LogP contribution in [-0.4, -0.2) is 37.8 Å². The Balaban J connectivity index is 3.96. The lowest BCUT2D eigenvalue weighted by Gasteiger charge is -2.34. The lowest BCUT2D eigenvalue weighted by molar-refractivity contribution is 0.0282. The van der Waals surface area contributed by atoms with Crippen LogP contribution >= 0.6 is 15.2 Å². The van der Waals surface area contributed by atoms with Gasteiger partial charge in [0.25, 0.3) is 5.08 Å². The molecule has 0 spiro atoms. The molecule has 0 bridgehead atoms. The molecular formula is C20H45NO7P2. The summed E-state index contributed by atoms with van der Waals surface area (Å²) in [5, 5.41) is -2.78. The Labute approximate surface area is 182 Å². The minimum absolute atomic E-state index is 0.0506. The van der Waals surface area contributed by atoms with E-state index in [1.54, 1.807) is 0 Å². The van der Waals surface area contributed by atoms with E-state index in [9.17, 15) is 28.7 Å². The van der Waals surface area contributed by atoms with E-state index in [2.05, 4.69) is 6.92 Å². The topological polar surface area (TPSA) is 150 Å². The molecule has 0 heterocycles. The van der Waals surface area contributed by atoms with E-state index in [1.807, 2.05) is 0 Å². The van der Waals surface area contributed by atoms with Gasteiger partial charge in [-0.2, -0.15) is 0 Å². The van der Waals surface area contributed by atoms with E-state index in [1.165, 1.54) is 64.2 Å². The zero-order chi connectivity index (χ0) is 22.9. The fourth-order valence-electron chi connectivity index (χ4n) is 3.57. The van der Waals surface area contributed by atoms with Gasteiger partial charge in [0.2, 0.25) is 0 Å². The summed E-state index contributed by atoms with van der Waals surface area (Å²) in [6.07, 6.45) is 15.9. The molecule has 8 nitrogen and oxygen atoms in total. The smallest absolute Gasteiger partial charge is 0.352 e. The quantitative estimate of drug-likeness (QED) is 0.112. The minimum atomic E-state index is -5.19. The molecule has 0 unspecified atom stereocenters. The van der Waals surface area contributed by atoms with Crippen LogP contribution < -0.4 is 5.73 Å². The van der Waals surface area contributed by atoms with Crippen molar-refractivity contribution >= 4 is 15.2 Å². The molecule has 0 fully saturated rings. The molecule has 0 saturated heterocycles. The van der Waals surface area contributed by atoms with Gasteiger partial charge in [-0.3, -0.25) is 9.13 Å². The van der Waals surface area contributed by atoms with Crippen LogP contribution in [0.15, 0.2) is 0 Å². The van der Waals surface area contributed by atoms with E-state index < -0.39 is 26.7 Å². The fraction of sp³-hybridized carbons (Fsp3) is 1.00. The van der Waals surface area contributed by atoms with Gasteiger partial charge in [0.05, 0.1) is 0 Å². The third kappa shape index (κ3) is 12.3. The van der Waals surface area contributed by atoms with Gasteiger partial charge in [-0.1, -0.05) is 90.4 Å². The largest absolute Gasteiger partial charge is 0.369 e. The predicted octanol–water partition coefficient (Wildman–Crippen LogP) is 5.23. The number of unbranched alkanes of at least 4 members (excludes halogenated alkanes) is 13. The highest BCUT2D eigenvalue weighted by Gasteiger charge is 2.61. The maximum absolute atomic E-state index is 11.8. The molecule has 0 amide bonds. The normalized spacial score (nSPS) is 13.1. The highest BCUT2D eigenvalue weighted by atomic mass is 31.2. The zero-order valence-corrected chi connectivity index (χ0v) is 20.5. The van der Waals surface area contributed by atoms with Crippen molar-refractivity contribution in [2.75, 3.05) is 13.2 Å². The molecule has 0 aromatic rings. The van der Waals surface area contributed by atoms with Crippen molar-refractivity contribution in [1.82, 2.24) is 0 Å². The van der Waals surface area contributed by atoms with Crippen molar-refractivity contribution in [3.8, 4) is 0 Å². The van der Waals surface area contributed by atoms with Crippen molar-refractivity contribution in [2.24, 2.45) is 5.73 Å². The standard InChI is InChI=1S/C20H45NO7P2/c1-2-3-4-5-6-7-8-9-10-11-12-13-14-15-19-28-20(17-16-18-21,29(22,23)24)30(25,26)27/h2-19,21H2,1H3,(H2,22,23,24)(H2,25,26,27).